The molecule has 2 N–H and O–H groups in total. The molecule has 0 unspecified atom stereocenters. The molecule has 4 rings (SSSR count). The second-order valence-electron chi connectivity index (χ2n) is 7.51. The maximum atomic E-state index is 14.1. The van der Waals surface area contributed by atoms with E-state index in [-0.39, 0.29) is 5.56 Å². The largest absolute Gasteiger partial charge is 0.355 e. The van der Waals surface area contributed by atoms with Gasteiger partial charge in [-0.05, 0) is 49.6 Å². The summed E-state index contributed by atoms with van der Waals surface area (Å²) in [6, 6.07) is 14.9. The quantitative estimate of drug-likeness (QED) is 0.322. The molecule has 3 aromatic rings. The first-order chi connectivity index (χ1) is 17.0. The van der Waals surface area contributed by atoms with Crippen LogP contribution in [0, 0.1) is 18.3 Å². The van der Waals surface area contributed by atoms with Crippen LogP contribution in [-0.4, -0.2) is 34.5 Å². The molecule has 0 fully saturated rings. The molecule has 2 heterocycles. The summed E-state index contributed by atoms with van der Waals surface area (Å²) in [5.74, 6) is -0.669. The number of rotatable bonds is 5. The van der Waals surface area contributed by atoms with E-state index in [4.69, 9.17) is 6.42 Å². The molecular weight excluding hydrogens is 443 g/mol. The number of anilines is 1. The summed E-state index contributed by atoms with van der Waals surface area (Å²) in [6.45, 7) is 3.71. The van der Waals surface area contributed by atoms with Gasteiger partial charge in [-0.15, -0.1) is 0 Å². The van der Waals surface area contributed by atoms with Crippen LogP contribution >= 0.6 is 0 Å². The van der Waals surface area contributed by atoms with Crippen molar-refractivity contribution in [3.05, 3.63) is 89.0 Å². The van der Waals surface area contributed by atoms with Crippen LogP contribution < -0.4 is 10.6 Å². The first kappa shape index (κ1) is 25.1. The minimum Gasteiger partial charge on any atom is -0.355 e. The summed E-state index contributed by atoms with van der Waals surface area (Å²) >= 11 is 0. The van der Waals surface area contributed by atoms with Crippen molar-refractivity contribution in [3.8, 4) is 12.5 Å². The number of aryl methyl sites for hydroxylation is 1. The lowest BCUT2D eigenvalue weighted by molar-refractivity contribution is 0.0959. The number of fused-ring (bicyclic) bond motifs is 1. The zero-order chi connectivity index (χ0) is 25.2. The van der Waals surface area contributed by atoms with Crippen LogP contribution in [0.2, 0.25) is 0 Å². The standard InChI is InChI=1S/C17H18FN5O.C10H9N/c1-5-13-10-21-17(20-6-2)23(13)22-11(3)12-7-8-14(15(18)9-12)16(24)19-4;1-2-7-10-9(5-1)6-3-4-8-11-10/h2,7-10H,5H2,1,3-4H3,(H,19,24)(H,20,21);1-5,7-8H,6H2/b22-11+;. The van der Waals surface area contributed by atoms with Crippen LogP contribution in [0.4, 0.5) is 16.0 Å². The van der Waals surface area contributed by atoms with Gasteiger partial charge < -0.3 is 5.32 Å². The molecule has 0 bridgehead atoms. The zero-order valence-corrected chi connectivity index (χ0v) is 19.9. The van der Waals surface area contributed by atoms with E-state index in [9.17, 15) is 9.18 Å². The molecular formula is C27H27FN6O. The molecule has 0 atom stereocenters. The number of nitrogens with one attached hydrogen (secondary N) is 2. The highest BCUT2D eigenvalue weighted by Gasteiger charge is 2.13. The number of allylic oxidation sites excluding steroid dienone is 2. The monoisotopic (exact) mass is 470 g/mol. The van der Waals surface area contributed by atoms with Crippen molar-refractivity contribution in [3.63, 3.8) is 0 Å². The number of aliphatic imine (C=N–C) groups is 1. The molecule has 0 saturated heterocycles. The van der Waals surface area contributed by atoms with Gasteiger partial charge in [0.1, 0.15) is 5.82 Å². The van der Waals surface area contributed by atoms with Gasteiger partial charge in [-0.25, -0.2) is 14.1 Å². The highest BCUT2D eigenvalue weighted by Crippen LogP contribution is 2.20. The Hall–Kier alpha value is -4.51. The van der Waals surface area contributed by atoms with Crippen molar-refractivity contribution < 1.29 is 9.18 Å². The minimum atomic E-state index is -0.607. The Labute approximate surface area is 204 Å². The van der Waals surface area contributed by atoms with Gasteiger partial charge in [0.05, 0.1) is 28.9 Å². The Morgan fingerprint density at radius 3 is 2.80 bits per heavy atom. The van der Waals surface area contributed by atoms with Crippen LogP contribution in [0.25, 0.3) is 0 Å². The van der Waals surface area contributed by atoms with E-state index in [0.717, 1.165) is 17.8 Å². The van der Waals surface area contributed by atoms with Crippen molar-refractivity contribution in [1.82, 2.24) is 15.0 Å². The number of aromatic nitrogens is 2. The number of imidazole rings is 1. The summed E-state index contributed by atoms with van der Waals surface area (Å²) < 4.78 is 15.7. The second-order valence-corrected chi connectivity index (χ2v) is 7.51. The third kappa shape index (κ3) is 6.30. The number of hydrogen-bond acceptors (Lipinski definition) is 5. The molecule has 1 aliphatic rings. The van der Waals surface area contributed by atoms with E-state index in [1.165, 1.54) is 24.7 Å². The molecule has 0 saturated carbocycles. The summed E-state index contributed by atoms with van der Waals surface area (Å²) in [7, 11) is 1.45. The van der Waals surface area contributed by atoms with Gasteiger partial charge in [-0.2, -0.15) is 5.10 Å². The molecule has 178 valence electrons. The van der Waals surface area contributed by atoms with E-state index >= 15 is 0 Å². The zero-order valence-electron chi connectivity index (χ0n) is 19.9. The highest BCUT2D eigenvalue weighted by atomic mass is 19.1. The Morgan fingerprint density at radius 1 is 1.29 bits per heavy atom. The van der Waals surface area contributed by atoms with Gasteiger partial charge in [0, 0.05) is 24.9 Å². The molecule has 0 aliphatic carbocycles. The summed E-state index contributed by atoms with van der Waals surface area (Å²) in [4.78, 5) is 20.0. The Bertz CT molecular complexity index is 1330. The predicted octanol–water partition coefficient (Wildman–Crippen LogP) is 4.72. The van der Waals surface area contributed by atoms with Crippen LogP contribution in [0.15, 0.2) is 70.9 Å². The molecule has 2 aromatic carbocycles. The Morgan fingerprint density at radius 2 is 2.09 bits per heavy atom. The third-order valence-electron chi connectivity index (χ3n) is 5.23. The highest BCUT2D eigenvalue weighted by molar-refractivity contribution is 6.00. The van der Waals surface area contributed by atoms with Gasteiger partial charge in [-0.3, -0.25) is 15.1 Å². The third-order valence-corrected chi connectivity index (χ3v) is 5.23. The number of para-hydroxylation sites is 1. The lowest BCUT2D eigenvalue weighted by Gasteiger charge is -2.08. The summed E-state index contributed by atoms with van der Waals surface area (Å²) in [5.41, 5.74) is 4.36. The smallest absolute Gasteiger partial charge is 0.253 e. The van der Waals surface area contributed by atoms with Crippen LogP contribution in [-0.2, 0) is 12.8 Å². The van der Waals surface area contributed by atoms with Crippen molar-refractivity contribution in [2.75, 3.05) is 12.4 Å². The van der Waals surface area contributed by atoms with Crippen molar-refractivity contribution in [2.45, 2.75) is 26.7 Å². The summed E-state index contributed by atoms with van der Waals surface area (Å²) in [5, 5.41) is 9.53. The lowest BCUT2D eigenvalue weighted by atomic mass is 10.1. The van der Waals surface area contributed by atoms with Crippen LogP contribution in [0.1, 0.15) is 41.0 Å². The molecule has 0 radical (unpaired) electrons. The molecule has 1 aliphatic heterocycles. The average molecular weight is 471 g/mol. The molecule has 0 spiro atoms. The van der Waals surface area contributed by atoms with E-state index in [1.54, 1.807) is 23.9 Å². The number of halogens is 1. The Balaban J connectivity index is 0.000000256. The number of hydrogen-bond donors (Lipinski definition) is 2. The van der Waals surface area contributed by atoms with Gasteiger partial charge in [0.2, 0.25) is 5.95 Å². The predicted molar refractivity (Wildman–Crippen MR) is 139 cm³/mol. The topological polar surface area (TPSA) is 83.7 Å². The first-order valence-electron chi connectivity index (χ1n) is 11.1. The number of nitrogens with zero attached hydrogens (tertiary/aromatic N) is 4. The van der Waals surface area contributed by atoms with Gasteiger partial charge in [0.25, 0.3) is 5.91 Å². The van der Waals surface area contributed by atoms with E-state index in [1.807, 2.05) is 37.4 Å². The first-order valence-corrected chi connectivity index (χ1v) is 11.1. The second kappa shape index (κ2) is 12.1. The maximum absolute atomic E-state index is 14.1. The minimum absolute atomic E-state index is 0.0133. The molecule has 1 aromatic heterocycles. The van der Waals surface area contributed by atoms with Crippen LogP contribution in [0.3, 0.4) is 0 Å². The number of terminal acetylenes is 1. The van der Waals surface area contributed by atoms with Gasteiger partial charge in [0.15, 0.2) is 0 Å². The maximum Gasteiger partial charge on any atom is 0.253 e. The fourth-order valence-electron chi connectivity index (χ4n) is 3.34. The number of benzene rings is 2. The van der Waals surface area contributed by atoms with Crippen LogP contribution in [0.5, 0.6) is 0 Å². The number of carbonyl (C=O) groups is 1. The lowest BCUT2D eigenvalue weighted by Crippen LogP contribution is -2.19. The normalized spacial score (nSPS) is 12.0. The average Bonchev–Trinajstić information content (AvgIpc) is 3.09. The number of carbonyl (C=O) groups excluding carboxylic acids is 1. The van der Waals surface area contributed by atoms with Crippen molar-refractivity contribution >= 4 is 29.5 Å². The van der Waals surface area contributed by atoms with Gasteiger partial charge >= 0.3 is 0 Å². The van der Waals surface area contributed by atoms with Gasteiger partial charge in [-0.1, -0.05) is 43.7 Å². The molecule has 1 amide bonds. The van der Waals surface area contributed by atoms with E-state index in [2.05, 4.69) is 43.9 Å². The summed E-state index contributed by atoms with van der Waals surface area (Å²) in [6.07, 6.45) is 14.6. The number of amides is 1. The Kier molecular flexibility index (Phi) is 8.68. The molecule has 35 heavy (non-hydrogen) atoms. The van der Waals surface area contributed by atoms with Crippen molar-refractivity contribution in [2.24, 2.45) is 10.1 Å². The van der Waals surface area contributed by atoms with Crippen molar-refractivity contribution in [1.29, 1.82) is 0 Å². The molecule has 8 heteroatoms. The fourth-order valence-corrected chi connectivity index (χ4v) is 3.34. The SMILES string of the molecule is C#CNc1ncc(CC)n1/N=C(\C)c1ccc(C(=O)NC)c(F)c1.C1=CCc2ccccc2N=C1. The fraction of sp³-hybridized carbons (Fsp3) is 0.185. The van der Waals surface area contributed by atoms with E-state index < -0.39 is 11.7 Å². The van der Waals surface area contributed by atoms with E-state index in [0.29, 0.717) is 23.6 Å². The molecule has 7 nitrogen and oxygen atoms in total.